The molecule has 0 saturated carbocycles. The smallest absolute Gasteiger partial charge is 0.126 e. The van der Waals surface area contributed by atoms with Crippen molar-refractivity contribution in [1.29, 1.82) is 5.26 Å². The van der Waals surface area contributed by atoms with Crippen LogP contribution in [0.2, 0.25) is 0 Å². The maximum atomic E-state index is 10.7. The van der Waals surface area contributed by atoms with Crippen LogP contribution in [0.5, 0.6) is 5.75 Å². The molecular weight excluding hydrogens is 276 g/mol. The summed E-state index contributed by atoms with van der Waals surface area (Å²) in [5.41, 5.74) is 0.330. The van der Waals surface area contributed by atoms with Crippen LogP contribution in [0.15, 0.2) is 18.2 Å². The molecule has 1 heterocycles. The molecular formula is C15H19ClN2O2. The first-order valence-electron chi connectivity index (χ1n) is 6.73. The first-order chi connectivity index (χ1) is 9.50. The molecule has 0 radical (unpaired) electrons. The van der Waals surface area contributed by atoms with Gasteiger partial charge in [-0.3, -0.25) is 0 Å². The Hall–Kier alpha value is -1.28. The number of benzene rings is 1. The molecule has 1 aromatic carbocycles. The fraction of sp³-hybridized carbons (Fsp3) is 0.533. The van der Waals surface area contributed by atoms with Gasteiger partial charge >= 0.3 is 0 Å². The average Bonchev–Trinajstić information content (AvgIpc) is 2.43. The van der Waals surface area contributed by atoms with E-state index in [2.05, 4.69) is 11.4 Å². The third-order valence-electron chi connectivity index (χ3n) is 3.82. The summed E-state index contributed by atoms with van der Waals surface area (Å²) in [5, 5.41) is 23.1. The molecule has 0 spiro atoms. The van der Waals surface area contributed by atoms with Crippen molar-refractivity contribution in [3.8, 4) is 11.8 Å². The lowest BCUT2D eigenvalue weighted by molar-refractivity contribution is -0.0813. The summed E-state index contributed by atoms with van der Waals surface area (Å²) < 4.78 is 5.76. The zero-order chi connectivity index (χ0) is 14.8. The Morgan fingerprint density at radius 2 is 2.30 bits per heavy atom. The van der Waals surface area contributed by atoms with E-state index >= 15 is 0 Å². The number of ether oxygens (including phenoxy) is 1. The van der Waals surface area contributed by atoms with Crippen LogP contribution in [0.3, 0.4) is 0 Å². The largest absolute Gasteiger partial charge is 0.487 e. The first kappa shape index (κ1) is 15.1. The Labute approximate surface area is 124 Å². The minimum Gasteiger partial charge on any atom is -0.487 e. The maximum Gasteiger partial charge on any atom is 0.126 e. The number of aliphatic hydroxyl groups is 1. The number of hydrogen-bond donors (Lipinski definition) is 2. The summed E-state index contributed by atoms with van der Waals surface area (Å²) in [4.78, 5) is 0. The van der Waals surface area contributed by atoms with E-state index in [0.717, 1.165) is 12.0 Å². The molecule has 3 atom stereocenters. The molecule has 1 aliphatic heterocycles. The van der Waals surface area contributed by atoms with Crippen LogP contribution in [-0.2, 0) is 0 Å². The predicted octanol–water partition coefficient (Wildman–Crippen LogP) is 2.35. The Morgan fingerprint density at radius 1 is 1.55 bits per heavy atom. The van der Waals surface area contributed by atoms with E-state index in [1.165, 1.54) is 0 Å². The van der Waals surface area contributed by atoms with E-state index in [1.54, 1.807) is 25.1 Å². The minimum atomic E-state index is -1.05. The molecule has 1 aromatic rings. The van der Waals surface area contributed by atoms with Gasteiger partial charge in [-0.15, -0.1) is 11.6 Å². The fourth-order valence-electron chi connectivity index (χ4n) is 2.44. The van der Waals surface area contributed by atoms with Gasteiger partial charge in [-0.25, -0.2) is 0 Å². The topological polar surface area (TPSA) is 65.3 Å². The van der Waals surface area contributed by atoms with Crippen LogP contribution < -0.4 is 10.1 Å². The number of alkyl halides is 1. The lowest BCUT2D eigenvalue weighted by Crippen LogP contribution is -2.54. The zero-order valence-electron chi connectivity index (χ0n) is 11.7. The second kappa shape index (κ2) is 6.01. The van der Waals surface area contributed by atoms with Gasteiger partial charge in [0.25, 0.3) is 0 Å². The Balaban J connectivity index is 2.37. The number of nitriles is 1. The normalized spacial score (nSPS) is 28.4. The van der Waals surface area contributed by atoms with Crippen molar-refractivity contribution in [1.82, 2.24) is 5.32 Å². The van der Waals surface area contributed by atoms with Gasteiger partial charge in [0.1, 0.15) is 17.5 Å². The van der Waals surface area contributed by atoms with Crippen molar-refractivity contribution in [3.63, 3.8) is 0 Å². The predicted molar refractivity (Wildman–Crippen MR) is 78.0 cm³/mol. The van der Waals surface area contributed by atoms with Gasteiger partial charge in [-0.1, -0.05) is 0 Å². The summed E-state index contributed by atoms with van der Waals surface area (Å²) in [7, 11) is 0. The van der Waals surface area contributed by atoms with Crippen molar-refractivity contribution in [2.24, 2.45) is 0 Å². The molecule has 2 N–H and O–H groups in total. The second-order valence-corrected chi connectivity index (χ2v) is 5.66. The number of nitrogens with zero attached hydrogens (tertiary/aromatic N) is 1. The standard InChI is InChI=1S/C15H19ClN2O2/c1-10-15(2,19)14(18-7-3-6-16)12-8-11(9-17)4-5-13(12)20-10/h4-5,8,10,14,18-19H,3,6-7H2,1-2H3. The van der Waals surface area contributed by atoms with Crippen molar-refractivity contribution < 1.29 is 9.84 Å². The molecule has 4 nitrogen and oxygen atoms in total. The highest BCUT2D eigenvalue weighted by molar-refractivity contribution is 6.17. The van der Waals surface area contributed by atoms with Gasteiger partial charge in [0, 0.05) is 11.4 Å². The summed E-state index contributed by atoms with van der Waals surface area (Å²) in [5.74, 6) is 1.28. The van der Waals surface area contributed by atoms with Crippen LogP contribution in [0.4, 0.5) is 0 Å². The van der Waals surface area contributed by atoms with Gasteiger partial charge in [-0.05, 0) is 45.0 Å². The van der Waals surface area contributed by atoms with Gasteiger partial charge in [-0.2, -0.15) is 5.26 Å². The molecule has 0 aliphatic carbocycles. The quantitative estimate of drug-likeness (QED) is 0.661. The second-order valence-electron chi connectivity index (χ2n) is 5.28. The molecule has 0 saturated heterocycles. The van der Waals surface area contributed by atoms with Crippen LogP contribution in [0, 0.1) is 11.3 Å². The lowest BCUT2D eigenvalue weighted by Gasteiger charge is -2.43. The molecule has 2 rings (SSSR count). The third-order valence-corrected chi connectivity index (χ3v) is 4.09. The molecule has 0 aromatic heterocycles. The Morgan fingerprint density at radius 3 is 2.95 bits per heavy atom. The molecule has 3 unspecified atom stereocenters. The highest BCUT2D eigenvalue weighted by Gasteiger charge is 2.44. The van der Waals surface area contributed by atoms with E-state index in [0.29, 0.717) is 23.7 Å². The van der Waals surface area contributed by atoms with Crippen LogP contribution >= 0.6 is 11.6 Å². The van der Waals surface area contributed by atoms with E-state index in [9.17, 15) is 5.11 Å². The summed E-state index contributed by atoms with van der Waals surface area (Å²) >= 11 is 5.70. The summed E-state index contributed by atoms with van der Waals surface area (Å²) in [6.07, 6.45) is 0.479. The molecule has 20 heavy (non-hydrogen) atoms. The summed E-state index contributed by atoms with van der Waals surface area (Å²) in [6, 6.07) is 7.12. The van der Waals surface area contributed by atoms with E-state index < -0.39 is 5.60 Å². The Bertz CT molecular complexity index is 525. The monoisotopic (exact) mass is 294 g/mol. The van der Waals surface area contributed by atoms with E-state index in [4.69, 9.17) is 21.6 Å². The SMILES string of the molecule is CC1Oc2ccc(C#N)cc2C(NCCCCl)C1(C)O. The van der Waals surface area contributed by atoms with Crippen LogP contribution in [0.25, 0.3) is 0 Å². The molecule has 0 bridgehead atoms. The summed E-state index contributed by atoms with van der Waals surface area (Å²) in [6.45, 7) is 4.29. The van der Waals surface area contributed by atoms with Gasteiger partial charge < -0.3 is 15.2 Å². The maximum absolute atomic E-state index is 10.7. The highest BCUT2D eigenvalue weighted by Crippen LogP contribution is 2.41. The zero-order valence-corrected chi connectivity index (χ0v) is 12.4. The first-order valence-corrected chi connectivity index (χ1v) is 7.26. The van der Waals surface area contributed by atoms with Gasteiger partial charge in [0.15, 0.2) is 0 Å². The third kappa shape index (κ3) is 2.76. The molecule has 0 fully saturated rings. The van der Waals surface area contributed by atoms with Crippen molar-refractivity contribution in [2.45, 2.75) is 38.0 Å². The van der Waals surface area contributed by atoms with E-state index in [-0.39, 0.29) is 12.1 Å². The Kier molecular flexibility index (Phi) is 4.54. The number of fused-ring (bicyclic) bond motifs is 1. The fourth-order valence-corrected chi connectivity index (χ4v) is 2.57. The molecule has 1 aliphatic rings. The molecule has 5 heteroatoms. The number of halogens is 1. The average molecular weight is 295 g/mol. The number of nitrogens with one attached hydrogen (secondary N) is 1. The minimum absolute atomic E-state index is 0.280. The van der Waals surface area contributed by atoms with Gasteiger partial charge in [0.05, 0.1) is 17.7 Å². The molecule has 108 valence electrons. The number of hydrogen-bond acceptors (Lipinski definition) is 4. The molecule has 0 amide bonds. The van der Waals surface area contributed by atoms with Crippen LogP contribution in [-0.4, -0.2) is 29.2 Å². The van der Waals surface area contributed by atoms with Crippen LogP contribution in [0.1, 0.15) is 37.4 Å². The highest BCUT2D eigenvalue weighted by atomic mass is 35.5. The van der Waals surface area contributed by atoms with Crippen molar-refractivity contribution >= 4 is 11.6 Å². The lowest BCUT2D eigenvalue weighted by atomic mass is 9.82. The van der Waals surface area contributed by atoms with E-state index in [1.807, 2.05) is 6.92 Å². The van der Waals surface area contributed by atoms with Gasteiger partial charge in [0.2, 0.25) is 0 Å². The van der Waals surface area contributed by atoms with Crippen molar-refractivity contribution in [2.75, 3.05) is 12.4 Å². The number of rotatable bonds is 4. The van der Waals surface area contributed by atoms with Crippen molar-refractivity contribution in [3.05, 3.63) is 29.3 Å².